The van der Waals surface area contributed by atoms with Crippen LogP contribution < -0.4 is 18.9 Å². The predicted molar refractivity (Wildman–Crippen MR) is 150 cm³/mol. The van der Waals surface area contributed by atoms with Gasteiger partial charge in [0.25, 0.3) is 11.7 Å². The van der Waals surface area contributed by atoms with E-state index in [0.717, 1.165) is 18.4 Å². The average molecular weight is 544 g/mol. The molecule has 1 saturated heterocycles. The van der Waals surface area contributed by atoms with Gasteiger partial charge in [0.2, 0.25) is 0 Å². The van der Waals surface area contributed by atoms with Gasteiger partial charge in [-0.15, -0.1) is 0 Å². The Morgan fingerprint density at radius 3 is 2.45 bits per heavy atom. The number of Topliss-reactive ketones (excluding diaryl/α,β-unsaturated/α-hetero) is 1. The molecular formula is C32H33NO7. The molecule has 3 aromatic carbocycles. The molecule has 0 bridgehead atoms. The Morgan fingerprint density at radius 1 is 0.925 bits per heavy atom. The number of carbonyl (C=O) groups is 2. The fraction of sp³-hybridized carbons (Fsp3) is 0.312. The Kier molecular flexibility index (Phi) is 8.24. The van der Waals surface area contributed by atoms with E-state index in [1.54, 1.807) is 30.3 Å². The minimum Gasteiger partial charge on any atom is -0.507 e. The van der Waals surface area contributed by atoms with E-state index >= 15 is 0 Å². The summed E-state index contributed by atoms with van der Waals surface area (Å²) >= 11 is 0. The van der Waals surface area contributed by atoms with Gasteiger partial charge < -0.3 is 29.0 Å². The summed E-state index contributed by atoms with van der Waals surface area (Å²) < 4.78 is 23.1. The number of fused-ring (bicyclic) bond motifs is 1. The van der Waals surface area contributed by atoms with Crippen LogP contribution in [0.1, 0.15) is 49.4 Å². The first kappa shape index (κ1) is 27.1. The van der Waals surface area contributed by atoms with Crippen molar-refractivity contribution in [2.75, 3.05) is 26.4 Å². The van der Waals surface area contributed by atoms with Crippen LogP contribution in [0, 0.1) is 0 Å². The molecule has 1 fully saturated rings. The Labute approximate surface area is 233 Å². The number of carbonyl (C=O) groups excluding carboxylic acids is 2. The van der Waals surface area contributed by atoms with Gasteiger partial charge in [-0.2, -0.15) is 0 Å². The van der Waals surface area contributed by atoms with Crippen molar-refractivity contribution >= 4 is 17.4 Å². The summed E-state index contributed by atoms with van der Waals surface area (Å²) in [4.78, 5) is 28.5. The van der Waals surface area contributed by atoms with Crippen LogP contribution in [-0.2, 0) is 16.1 Å². The number of rotatable bonds is 10. The molecule has 0 unspecified atom stereocenters. The van der Waals surface area contributed by atoms with E-state index in [9.17, 15) is 14.7 Å². The first-order valence-electron chi connectivity index (χ1n) is 13.6. The van der Waals surface area contributed by atoms with Crippen LogP contribution in [0.4, 0.5) is 0 Å². The summed E-state index contributed by atoms with van der Waals surface area (Å²) in [6, 6.07) is 19.0. The van der Waals surface area contributed by atoms with Gasteiger partial charge in [-0.25, -0.2) is 0 Å². The van der Waals surface area contributed by atoms with Crippen LogP contribution in [-0.4, -0.2) is 48.1 Å². The molecule has 0 spiro atoms. The topological polar surface area (TPSA) is 94.5 Å². The number of amides is 1. The minimum atomic E-state index is -0.850. The van der Waals surface area contributed by atoms with Crippen molar-refractivity contribution in [3.05, 3.63) is 89.0 Å². The summed E-state index contributed by atoms with van der Waals surface area (Å²) in [6.07, 6.45) is 1.90. The predicted octanol–water partition coefficient (Wildman–Crippen LogP) is 5.66. The Hall–Kier alpha value is -4.46. The molecule has 1 amide bonds. The average Bonchev–Trinajstić information content (AvgIpc) is 3.23. The third-order valence-corrected chi connectivity index (χ3v) is 6.89. The van der Waals surface area contributed by atoms with Crippen LogP contribution in [0.3, 0.4) is 0 Å². The summed E-state index contributed by atoms with van der Waals surface area (Å²) in [7, 11) is 0. The molecule has 3 aromatic rings. The second-order valence-electron chi connectivity index (χ2n) is 9.61. The summed E-state index contributed by atoms with van der Waals surface area (Å²) in [5.74, 6) is 0.411. The van der Waals surface area contributed by atoms with Gasteiger partial charge in [-0.3, -0.25) is 9.59 Å². The molecule has 2 aliphatic heterocycles. The number of likely N-dealkylation sites (tertiary alicyclic amines) is 1. The molecule has 40 heavy (non-hydrogen) atoms. The molecular weight excluding hydrogens is 510 g/mol. The molecule has 0 aliphatic carbocycles. The number of ketones is 1. The summed E-state index contributed by atoms with van der Waals surface area (Å²) in [5, 5.41) is 11.5. The Bertz CT molecular complexity index is 1420. The zero-order chi connectivity index (χ0) is 28.1. The molecule has 1 N–H and O–H groups in total. The molecule has 2 aliphatic rings. The van der Waals surface area contributed by atoms with E-state index in [0.29, 0.717) is 60.6 Å². The maximum Gasteiger partial charge on any atom is 0.295 e. The first-order valence-corrected chi connectivity index (χ1v) is 13.6. The number of unbranched alkanes of at least 4 members (excludes halogenated alkanes) is 1. The van der Waals surface area contributed by atoms with E-state index < -0.39 is 17.7 Å². The van der Waals surface area contributed by atoms with Crippen LogP contribution in [0.5, 0.6) is 23.0 Å². The third kappa shape index (κ3) is 5.47. The zero-order valence-corrected chi connectivity index (χ0v) is 22.7. The highest BCUT2D eigenvalue weighted by Crippen LogP contribution is 2.43. The monoisotopic (exact) mass is 543 g/mol. The first-order chi connectivity index (χ1) is 19.5. The number of hydrogen-bond donors (Lipinski definition) is 1. The maximum atomic E-state index is 13.5. The van der Waals surface area contributed by atoms with Gasteiger partial charge in [-0.1, -0.05) is 49.7 Å². The van der Waals surface area contributed by atoms with Crippen LogP contribution >= 0.6 is 0 Å². The van der Waals surface area contributed by atoms with Crippen molar-refractivity contribution < 1.29 is 33.6 Å². The van der Waals surface area contributed by atoms with Gasteiger partial charge in [-0.05, 0) is 54.8 Å². The molecule has 8 nitrogen and oxygen atoms in total. The molecule has 1 atom stereocenters. The number of aliphatic hydroxyl groups is 1. The lowest BCUT2D eigenvalue weighted by molar-refractivity contribution is -0.140. The van der Waals surface area contributed by atoms with Gasteiger partial charge in [0, 0.05) is 12.1 Å². The second kappa shape index (κ2) is 12.2. The Balaban J connectivity index is 1.61. The smallest absolute Gasteiger partial charge is 0.295 e. The number of benzene rings is 3. The van der Waals surface area contributed by atoms with Crippen molar-refractivity contribution in [1.29, 1.82) is 0 Å². The number of nitrogens with zero attached hydrogens (tertiary/aromatic N) is 1. The molecule has 8 heteroatoms. The largest absolute Gasteiger partial charge is 0.507 e. The quantitative estimate of drug-likeness (QED) is 0.153. The number of hydrogen-bond acceptors (Lipinski definition) is 7. The fourth-order valence-corrected chi connectivity index (χ4v) is 4.92. The molecule has 0 radical (unpaired) electrons. The van der Waals surface area contributed by atoms with E-state index in [-0.39, 0.29) is 17.9 Å². The highest BCUT2D eigenvalue weighted by atomic mass is 16.6. The van der Waals surface area contributed by atoms with Crippen molar-refractivity contribution in [3.8, 4) is 23.0 Å². The second-order valence-corrected chi connectivity index (χ2v) is 9.61. The van der Waals surface area contributed by atoms with E-state index in [1.165, 1.54) is 4.90 Å². The van der Waals surface area contributed by atoms with Crippen LogP contribution in [0.15, 0.2) is 72.3 Å². The van der Waals surface area contributed by atoms with Gasteiger partial charge in [0.15, 0.2) is 23.0 Å². The van der Waals surface area contributed by atoms with Gasteiger partial charge in [0.1, 0.15) is 19.0 Å². The van der Waals surface area contributed by atoms with Crippen molar-refractivity contribution in [2.24, 2.45) is 0 Å². The van der Waals surface area contributed by atoms with Crippen LogP contribution in [0.2, 0.25) is 0 Å². The van der Waals surface area contributed by atoms with Gasteiger partial charge in [0.05, 0.1) is 24.8 Å². The lowest BCUT2D eigenvalue weighted by atomic mass is 9.94. The molecule has 5 rings (SSSR count). The number of ether oxygens (including phenoxy) is 4. The fourth-order valence-electron chi connectivity index (χ4n) is 4.92. The van der Waals surface area contributed by atoms with Gasteiger partial charge >= 0.3 is 0 Å². The SMILES string of the molecule is CCCCOc1ccc([C@H]2C(=C(O)c3ccc4c(c3)OCCO4)C(=O)C(=O)N2Cc2ccccc2)cc1OCC. The third-order valence-electron chi connectivity index (χ3n) is 6.89. The zero-order valence-electron chi connectivity index (χ0n) is 22.7. The van der Waals surface area contributed by atoms with Crippen molar-refractivity contribution in [2.45, 2.75) is 39.3 Å². The molecule has 208 valence electrons. The minimum absolute atomic E-state index is 0.000270. The molecule has 2 heterocycles. The standard InChI is InChI=1S/C32H33NO7/c1-3-5-15-38-24-13-11-22(18-26(24)37-4-2)29-28(30(34)23-12-14-25-27(19-23)40-17-16-39-25)31(35)32(36)33(29)20-21-9-7-6-8-10-21/h6-14,18-19,29,34H,3-5,15-17,20H2,1-2H3/t29-/m0/s1. The molecule has 0 saturated carbocycles. The van der Waals surface area contributed by atoms with Crippen molar-refractivity contribution in [3.63, 3.8) is 0 Å². The summed E-state index contributed by atoms with van der Waals surface area (Å²) in [6.45, 7) is 5.93. The van der Waals surface area contributed by atoms with E-state index in [2.05, 4.69) is 6.92 Å². The lowest BCUT2D eigenvalue weighted by Gasteiger charge is -2.26. The highest BCUT2D eigenvalue weighted by Gasteiger charge is 2.46. The normalized spacial score (nSPS) is 17.6. The maximum absolute atomic E-state index is 13.5. The van der Waals surface area contributed by atoms with E-state index in [4.69, 9.17) is 18.9 Å². The lowest BCUT2D eigenvalue weighted by Crippen LogP contribution is -2.29. The number of aliphatic hydroxyl groups excluding tert-OH is 1. The Morgan fingerprint density at radius 2 is 1.70 bits per heavy atom. The van der Waals surface area contributed by atoms with Crippen LogP contribution in [0.25, 0.3) is 5.76 Å². The highest BCUT2D eigenvalue weighted by molar-refractivity contribution is 6.46. The summed E-state index contributed by atoms with van der Waals surface area (Å²) in [5.41, 5.74) is 1.84. The van der Waals surface area contributed by atoms with Crippen molar-refractivity contribution in [1.82, 2.24) is 4.90 Å². The molecule has 0 aromatic heterocycles. The van der Waals surface area contributed by atoms with E-state index in [1.807, 2.05) is 43.3 Å².